The number of carbonyl (C=O) groups excluding carboxylic acids is 2. The van der Waals surface area contributed by atoms with Gasteiger partial charge < -0.3 is 9.47 Å². The van der Waals surface area contributed by atoms with Crippen LogP contribution < -0.4 is 4.74 Å². The molecule has 5 rings (SSSR count). The first kappa shape index (κ1) is 18.5. The Hall–Kier alpha value is -2.53. The van der Waals surface area contributed by atoms with Crippen molar-refractivity contribution in [3.05, 3.63) is 64.5 Å². The number of ether oxygens (including phenoxy) is 2. The fraction of sp³-hybridized carbons (Fsp3) is 0.417. The highest BCUT2D eigenvalue weighted by molar-refractivity contribution is 6.04. The normalized spacial score (nSPS) is 26.6. The average Bonchev–Trinajstić information content (AvgIpc) is 3.09. The zero-order valence-electron chi connectivity index (χ0n) is 16.3. The molecule has 3 aliphatic rings. The molecule has 1 unspecified atom stereocenters. The van der Waals surface area contributed by atoms with E-state index in [4.69, 9.17) is 9.47 Å². The molecule has 4 atom stereocenters. The van der Waals surface area contributed by atoms with Gasteiger partial charge in [-0.1, -0.05) is 19.1 Å². The Morgan fingerprint density at radius 2 is 1.76 bits per heavy atom. The van der Waals surface area contributed by atoms with E-state index in [0.717, 1.165) is 24.3 Å². The number of fused-ring (bicyclic) bond motifs is 2. The summed E-state index contributed by atoms with van der Waals surface area (Å²) in [5.41, 5.74) is 2.82. The van der Waals surface area contributed by atoms with Gasteiger partial charge in [0.1, 0.15) is 11.6 Å². The molecular formula is C24H23FO4. The molecule has 0 N–H and O–H groups in total. The second kappa shape index (κ2) is 7.06. The summed E-state index contributed by atoms with van der Waals surface area (Å²) in [6, 6.07) is 9.90. The minimum Gasteiger partial charge on any atom is -0.492 e. The molecule has 1 aliphatic carbocycles. The molecule has 0 amide bonds. The topological polar surface area (TPSA) is 52.6 Å². The van der Waals surface area contributed by atoms with Gasteiger partial charge in [-0.2, -0.15) is 0 Å². The van der Waals surface area contributed by atoms with E-state index in [1.807, 2.05) is 6.07 Å². The van der Waals surface area contributed by atoms with Crippen LogP contribution in [-0.2, 0) is 4.74 Å². The molecular weight excluding hydrogens is 371 g/mol. The van der Waals surface area contributed by atoms with Gasteiger partial charge in [0.05, 0.1) is 25.4 Å². The molecule has 1 saturated heterocycles. The maximum Gasteiger partial charge on any atom is 0.166 e. The molecule has 0 bridgehead atoms. The predicted molar refractivity (Wildman–Crippen MR) is 105 cm³/mol. The summed E-state index contributed by atoms with van der Waals surface area (Å²) in [6.45, 7) is 3.70. The first-order valence-corrected chi connectivity index (χ1v) is 10.3. The quantitative estimate of drug-likeness (QED) is 0.681. The van der Waals surface area contributed by atoms with Gasteiger partial charge in [-0.25, -0.2) is 4.39 Å². The zero-order chi connectivity index (χ0) is 20.1. The molecule has 2 heterocycles. The van der Waals surface area contributed by atoms with E-state index >= 15 is 0 Å². The number of carbonyl (C=O) groups is 2. The lowest BCUT2D eigenvalue weighted by atomic mass is 9.88. The third kappa shape index (κ3) is 3.18. The number of halogens is 1. The van der Waals surface area contributed by atoms with Crippen LogP contribution in [0.5, 0.6) is 5.75 Å². The van der Waals surface area contributed by atoms with E-state index in [1.54, 1.807) is 25.1 Å². The Balaban J connectivity index is 1.49. The van der Waals surface area contributed by atoms with E-state index < -0.39 is 0 Å². The average molecular weight is 394 g/mol. The van der Waals surface area contributed by atoms with Crippen molar-refractivity contribution in [1.82, 2.24) is 0 Å². The maximum atomic E-state index is 13.4. The standard InChI is InChI=1S/C24H23FO4/c1-2-22(26)18-8-14(23(27)9-16-20-10-28-11-21(16)20)7-17-19(12-29-24(17)18)13-3-5-15(25)6-4-13/h3-8,16,19-21H,2,9-12H2,1H3/t16?,19-,20-,21+/m1/s1. The summed E-state index contributed by atoms with van der Waals surface area (Å²) < 4.78 is 24.7. The molecule has 2 fully saturated rings. The SMILES string of the molecule is CCC(=O)c1cc(C(=O)CC2[C@H]3COC[C@@H]23)cc2c1OC[C@@H]2c1ccc(F)cc1. The Morgan fingerprint density at radius 1 is 1.03 bits per heavy atom. The number of ketones is 2. The van der Waals surface area contributed by atoms with E-state index in [1.165, 1.54) is 12.1 Å². The third-order valence-electron chi connectivity index (χ3n) is 6.65. The van der Waals surface area contributed by atoms with Gasteiger partial charge in [0.2, 0.25) is 0 Å². The minimum absolute atomic E-state index is 0.0349. The summed E-state index contributed by atoms with van der Waals surface area (Å²) >= 11 is 0. The van der Waals surface area contributed by atoms with Crippen LogP contribution in [-0.4, -0.2) is 31.4 Å². The van der Waals surface area contributed by atoms with Gasteiger partial charge in [0.15, 0.2) is 11.6 Å². The molecule has 2 aromatic carbocycles. The van der Waals surface area contributed by atoms with E-state index in [0.29, 0.717) is 54.1 Å². The Morgan fingerprint density at radius 3 is 2.45 bits per heavy atom. The number of Topliss-reactive ketones (excluding diaryl/α,β-unsaturated/α-hetero) is 2. The van der Waals surface area contributed by atoms with Crippen LogP contribution in [0.15, 0.2) is 36.4 Å². The summed E-state index contributed by atoms with van der Waals surface area (Å²) in [4.78, 5) is 25.6. The van der Waals surface area contributed by atoms with Gasteiger partial charge in [-0.3, -0.25) is 9.59 Å². The monoisotopic (exact) mass is 394 g/mol. The van der Waals surface area contributed by atoms with Crippen molar-refractivity contribution in [3.8, 4) is 5.75 Å². The molecule has 150 valence electrons. The summed E-state index contributed by atoms with van der Waals surface area (Å²) in [5.74, 6) is 1.63. The fourth-order valence-electron chi connectivity index (χ4n) is 4.85. The van der Waals surface area contributed by atoms with Crippen molar-refractivity contribution in [3.63, 3.8) is 0 Å². The van der Waals surface area contributed by atoms with Crippen LogP contribution in [0.1, 0.15) is 57.5 Å². The zero-order valence-corrected chi connectivity index (χ0v) is 16.3. The van der Waals surface area contributed by atoms with Crippen LogP contribution in [0.25, 0.3) is 0 Å². The van der Waals surface area contributed by atoms with Gasteiger partial charge in [-0.05, 0) is 47.6 Å². The van der Waals surface area contributed by atoms with Crippen molar-refractivity contribution in [2.24, 2.45) is 17.8 Å². The molecule has 2 aromatic rings. The summed E-state index contributed by atoms with van der Waals surface area (Å²) in [7, 11) is 0. The smallest absolute Gasteiger partial charge is 0.166 e. The highest BCUT2D eigenvalue weighted by Crippen LogP contribution is 2.53. The van der Waals surface area contributed by atoms with E-state index in [-0.39, 0.29) is 23.3 Å². The van der Waals surface area contributed by atoms with Gasteiger partial charge >= 0.3 is 0 Å². The molecule has 29 heavy (non-hydrogen) atoms. The molecule has 0 aromatic heterocycles. The van der Waals surface area contributed by atoms with E-state index in [9.17, 15) is 14.0 Å². The third-order valence-corrected chi connectivity index (χ3v) is 6.65. The van der Waals surface area contributed by atoms with Crippen LogP contribution in [0.4, 0.5) is 4.39 Å². The molecule has 4 nitrogen and oxygen atoms in total. The van der Waals surface area contributed by atoms with Crippen molar-refractivity contribution < 1.29 is 23.5 Å². The van der Waals surface area contributed by atoms with Crippen LogP contribution >= 0.6 is 0 Å². The van der Waals surface area contributed by atoms with Crippen molar-refractivity contribution in [1.29, 1.82) is 0 Å². The summed E-state index contributed by atoms with van der Waals surface area (Å²) in [6.07, 6.45) is 0.845. The van der Waals surface area contributed by atoms with E-state index in [2.05, 4.69) is 0 Å². The lowest BCUT2D eigenvalue weighted by molar-refractivity contribution is 0.0951. The molecule has 2 aliphatic heterocycles. The first-order chi connectivity index (χ1) is 14.1. The van der Waals surface area contributed by atoms with Crippen LogP contribution in [0, 0.1) is 23.6 Å². The van der Waals surface area contributed by atoms with Gasteiger partial charge in [-0.15, -0.1) is 0 Å². The molecule has 0 radical (unpaired) electrons. The van der Waals surface area contributed by atoms with Gasteiger partial charge in [0, 0.05) is 29.9 Å². The van der Waals surface area contributed by atoms with Crippen molar-refractivity contribution in [2.75, 3.05) is 19.8 Å². The predicted octanol–water partition coefficient (Wildman–Crippen LogP) is 4.41. The van der Waals surface area contributed by atoms with Crippen LogP contribution in [0.2, 0.25) is 0 Å². The lowest BCUT2D eigenvalue weighted by Gasteiger charge is -2.13. The summed E-state index contributed by atoms with van der Waals surface area (Å²) in [5, 5.41) is 0. The second-order valence-corrected chi connectivity index (χ2v) is 8.29. The van der Waals surface area contributed by atoms with Crippen LogP contribution in [0.3, 0.4) is 0 Å². The van der Waals surface area contributed by atoms with Gasteiger partial charge in [0.25, 0.3) is 0 Å². The van der Waals surface area contributed by atoms with Crippen molar-refractivity contribution >= 4 is 11.6 Å². The lowest BCUT2D eigenvalue weighted by Crippen LogP contribution is -2.09. The fourth-order valence-corrected chi connectivity index (χ4v) is 4.85. The highest BCUT2D eigenvalue weighted by atomic mass is 19.1. The maximum absolute atomic E-state index is 13.4. The largest absolute Gasteiger partial charge is 0.492 e. The highest BCUT2D eigenvalue weighted by Gasteiger charge is 2.54. The Kier molecular flexibility index (Phi) is 4.50. The first-order valence-electron chi connectivity index (χ1n) is 10.3. The Labute approximate surface area is 169 Å². The van der Waals surface area contributed by atoms with Crippen molar-refractivity contribution in [2.45, 2.75) is 25.7 Å². The number of benzene rings is 2. The molecule has 1 saturated carbocycles. The number of rotatable bonds is 6. The second-order valence-electron chi connectivity index (χ2n) is 8.29. The molecule has 5 heteroatoms. The number of hydrogen-bond acceptors (Lipinski definition) is 4. The Bertz CT molecular complexity index is 971. The molecule has 0 spiro atoms. The number of hydrogen-bond donors (Lipinski definition) is 0. The minimum atomic E-state index is -0.294.